The summed E-state index contributed by atoms with van der Waals surface area (Å²) in [6.07, 6.45) is 4.41. The zero-order valence-electron chi connectivity index (χ0n) is 14.3. The van der Waals surface area contributed by atoms with Crippen LogP contribution in [0.1, 0.15) is 53.7 Å². The number of carbonyl (C=O) groups excluding carboxylic acids is 1. The summed E-state index contributed by atoms with van der Waals surface area (Å²) in [6.45, 7) is 2.07. The van der Waals surface area contributed by atoms with Crippen LogP contribution in [0.2, 0.25) is 0 Å². The molecule has 1 aliphatic heterocycles. The average molecular weight is 342 g/mol. The fourth-order valence-corrected chi connectivity index (χ4v) is 3.09. The third kappa shape index (κ3) is 3.45. The number of hydrogen-bond donors (Lipinski definition) is 1. The van der Waals surface area contributed by atoms with E-state index < -0.39 is 0 Å². The molecule has 2 heterocycles. The van der Waals surface area contributed by atoms with E-state index in [1.807, 2.05) is 23.1 Å². The van der Waals surface area contributed by atoms with Crippen LogP contribution in [-0.2, 0) is 6.54 Å². The number of methoxy groups -OCH3 is 1. The molecule has 0 radical (unpaired) electrons. The van der Waals surface area contributed by atoms with E-state index in [1.165, 1.54) is 0 Å². The van der Waals surface area contributed by atoms with Crippen molar-refractivity contribution < 1.29 is 13.9 Å². The van der Waals surface area contributed by atoms with E-state index in [9.17, 15) is 4.79 Å². The number of benzene rings is 1. The van der Waals surface area contributed by atoms with Gasteiger partial charge >= 0.3 is 0 Å². The van der Waals surface area contributed by atoms with Gasteiger partial charge in [0, 0.05) is 24.6 Å². The van der Waals surface area contributed by atoms with Crippen LogP contribution in [-0.4, -0.2) is 41.2 Å². The summed E-state index contributed by atoms with van der Waals surface area (Å²) in [6, 6.07) is 5.45. The van der Waals surface area contributed by atoms with Crippen molar-refractivity contribution in [3.63, 3.8) is 0 Å². The maximum atomic E-state index is 12.6. The SMILES string of the molecule is COc1ccc(C(=O)N2CCCC2)cc1NCc1nnc(C2CC2)o1. The Hall–Kier alpha value is -2.57. The monoisotopic (exact) mass is 342 g/mol. The Morgan fingerprint density at radius 2 is 2.12 bits per heavy atom. The van der Waals surface area contributed by atoms with Crippen LogP contribution in [0.25, 0.3) is 0 Å². The first kappa shape index (κ1) is 15.9. The third-order valence-corrected chi connectivity index (χ3v) is 4.68. The molecule has 25 heavy (non-hydrogen) atoms. The molecule has 4 rings (SSSR count). The molecule has 0 unspecified atom stereocenters. The van der Waals surface area contributed by atoms with Gasteiger partial charge in [0.15, 0.2) is 0 Å². The normalized spacial score (nSPS) is 16.9. The highest BCUT2D eigenvalue weighted by Gasteiger charge is 2.29. The Morgan fingerprint density at radius 1 is 1.32 bits per heavy atom. The number of amides is 1. The maximum absolute atomic E-state index is 12.6. The van der Waals surface area contributed by atoms with Gasteiger partial charge in [0.2, 0.25) is 11.8 Å². The molecular formula is C18H22N4O3. The topological polar surface area (TPSA) is 80.5 Å². The highest BCUT2D eigenvalue weighted by Crippen LogP contribution is 2.39. The molecule has 0 bridgehead atoms. The van der Waals surface area contributed by atoms with Crippen molar-refractivity contribution in [1.82, 2.24) is 15.1 Å². The fraction of sp³-hybridized carbons (Fsp3) is 0.500. The number of rotatable bonds is 6. The van der Waals surface area contributed by atoms with E-state index in [-0.39, 0.29) is 5.91 Å². The van der Waals surface area contributed by atoms with Gasteiger partial charge in [-0.05, 0) is 43.9 Å². The number of hydrogen-bond acceptors (Lipinski definition) is 6. The molecule has 2 aliphatic rings. The minimum atomic E-state index is 0.0667. The van der Waals surface area contributed by atoms with Gasteiger partial charge < -0.3 is 19.4 Å². The number of ether oxygens (including phenoxy) is 1. The Kier molecular flexibility index (Phi) is 4.29. The smallest absolute Gasteiger partial charge is 0.253 e. The lowest BCUT2D eigenvalue weighted by Gasteiger charge is -2.17. The van der Waals surface area contributed by atoms with E-state index in [2.05, 4.69) is 15.5 Å². The lowest BCUT2D eigenvalue weighted by atomic mass is 10.1. The van der Waals surface area contributed by atoms with Gasteiger partial charge in [-0.1, -0.05) is 0 Å². The number of aromatic nitrogens is 2. The van der Waals surface area contributed by atoms with Crippen molar-refractivity contribution in [3.05, 3.63) is 35.5 Å². The number of nitrogens with zero attached hydrogens (tertiary/aromatic N) is 3. The van der Waals surface area contributed by atoms with Crippen LogP contribution in [0.4, 0.5) is 5.69 Å². The molecule has 7 heteroatoms. The van der Waals surface area contributed by atoms with Gasteiger partial charge in [0.05, 0.1) is 19.3 Å². The molecule has 7 nitrogen and oxygen atoms in total. The summed E-state index contributed by atoms with van der Waals surface area (Å²) < 4.78 is 11.1. The molecule has 1 aromatic carbocycles. The van der Waals surface area contributed by atoms with Gasteiger partial charge in [-0.3, -0.25) is 4.79 Å². The molecule has 1 N–H and O–H groups in total. The average Bonchev–Trinajstić information content (AvgIpc) is 3.15. The van der Waals surface area contributed by atoms with Gasteiger partial charge in [0.1, 0.15) is 5.75 Å². The minimum Gasteiger partial charge on any atom is -0.495 e. The minimum absolute atomic E-state index is 0.0667. The Labute approximate surface area is 146 Å². The summed E-state index contributed by atoms with van der Waals surface area (Å²) in [5.74, 6) is 2.45. The molecule has 1 amide bonds. The van der Waals surface area contributed by atoms with Crippen molar-refractivity contribution in [3.8, 4) is 5.75 Å². The lowest BCUT2D eigenvalue weighted by Crippen LogP contribution is -2.27. The highest BCUT2D eigenvalue weighted by atomic mass is 16.5. The molecule has 2 fully saturated rings. The highest BCUT2D eigenvalue weighted by molar-refractivity contribution is 5.95. The van der Waals surface area contributed by atoms with E-state index in [4.69, 9.17) is 9.15 Å². The van der Waals surface area contributed by atoms with E-state index >= 15 is 0 Å². The third-order valence-electron chi connectivity index (χ3n) is 4.68. The van der Waals surface area contributed by atoms with Crippen LogP contribution in [0.3, 0.4) is 0 Å². The molecule has 1 saturated heterocycles. The number of likely N-dealkylation sites (tertiary alicyclic amines) is 1. The Morgan fingerprint density at radius 3 is 2.84 bits per heavy atom. The molecule has 0 atom stereocenters. The summed E-state index contributed by atoms with van der Waals surface area (Å²) in [4.78, 5) is 14.5. The van der Waals surface area contributed by atoms with Crippen LogP contribution in [0, 0.1) is 0 Å². The van der Waals surface area contributed by atoms with Gasteiger partial charge in [-0.2, -0.15) is 0 Å². The largest absolute Gasteiger partial charge is 0.495 e. The van der Waals surface area contributed by atoms with Crippen molar-refractivity contribution in [1.29, 1.82) is 0 Å². The first-order valence-electron chi connectivity index (χ1n) is 8.78. The van der Waals surface area contributed by atoms with Crippen LogP contribution >= 0.6 is 0 Å². The van der Waals surface area contributed by atoms with Crippen LogP contribution < -0.4 is 10.1 Å². The zero-order chi connectivity index (χ0) is 17.2. The molecule has 132 valence electrons. The van der Waals surface area contributed by atoms with Crippen LogP contribution in [0.15, 0.2) is 22.6 Å². The molecule has 1 aromatic heterocycles. The summed E-state index contributed by atoms with van der Waals surface area (Å²) in [5.41, 5.74) is 1.41. The summed E-state index contributed by atoms with van der Waals surface area (Å²) in [7, 11) is 1.61. The van der Waals surface area contributed by atoms with Crippen molar-refractivity contribution in [2.75, 3.05) is 25.5 Å². The number of carbonyl (C=O) groups is 1. The molecular weight excluding hydrogens is 320 g/mol. The van der Waals surface area contributed by atoms with Gasteiger partial charge in [0.25, 0.3) is 5.91 Å². The molecule has 0 spiro atoms. The number of anilines is 1. The number of nitrogens with one attached hydrogen (secondary N) is 1. The van der Waals surface area contributed by atoms with Crippen molar-refractivity contribution in [2.24, 2.45) is 0 Å². The Balaban J connectivity index is 1.48. The van der Waals surface area contributed by atoms with Gasteiger partial charge in [-0.15, -0.1) is 10.2 Å². The second kappa shape index (κ2) is 6.74. The van der Waals surface area contributed by atoms with E-state index in [0.29, 0.717) is 29.7 Å². The summed E-state index contributed by atoms with van der Waals surface area (Å²) >= 11 is 0. The standard InChI is InChI=1S/C18H22N4O3/c1-24-15-7-6-13(18(23)22-8-2-3-9-22)10-14(15)19-11-16-20-21-17(25-16)12-4-5-12/h6-7,10,12,19H,2-5,8-9,11H2,1H3. The fourth-order valence-electron chi connectivity index (χ4n) is 3.09. The maximum Gasteiger partial charge on any atom is 0.253 e. The zero-order valence-corrected chi connectivity index (χ0v) is 14.3. The Bertz CT molecular complexity index is 763. The quantitative estimate of drug-likeness (QED) is 0.869. The molecule has 1 saturated carbocycles. The predicted octanol–water partition coefficient (Wildman–Crippen LogP) is 2.80. The van der Waals surface area contributed by atoms with Crippen molar-refractivity contribution in [2.45, 2.75) is 38.1 Å². The lowest BCUT2D eigenvalue weighted by molar-refractivity contribution is 0.0793. The van der Waals surface area contributed by atoms with E-state index in [1.54, 1.807) is 7.11 Å². The molecule has 2 aromatic rings. The second-order valence-electron chi connectivity index (χ2n) is 6.58. The molecule has 1 aliphatic carbocycles. The second-order valence-corrected chi connectivity index (χ2v) is 6.58. The van der Waals surface area contributed by atoms with E-state index in [0.717, 1.165) is 50.4 Å². The first-order valence-corrected chi connectivity index (χ1v) is 8.78. The van der Waals surface area contributed by atoms with Crippen LogP contribution in [0.5, 0.6) is 5.75 Å². The summed E-state index contributed by atoms with van der Waals surface area (Å²) in [5, 5.41) is 11.4. The predicted molar refractivity (Wildman–Crippen MR) is 91.7 cm³/mol. The van der Waals surface area contributed by atoms with Crippen molar-refractivity contribution >= 4 is 11.6 Å². The first-order chi connectivity index (χ1) is 12.2. The van der Waals surface area contributed by atoms with Gasteiger partial charge in [-0.25, -0.2) is 0 Å².